The molecule has 1 amide bonds. The molecule has 1 fully saturated rings. The number of halogens is 1. The molecule has 2 rings (SSSR count). The van der Waals surface area contributed by atoms with E-state index < -0.39 is 5.60 Å². The zero-order valence-electron chi connectivity index (χ0n) is 16.0. The fourth-order valence-corrected chi connectivity index (χ4v) is 2.95. The third-order valence-electron chi connectivity index (χ3n) is 4.32. The van der Waals surface area contributed by atoms with Gasteiger partial charge in [0.15, 0.2) is 0 Å². The zero-order chi connectivity index (χ0) is 19.3. The molecule has 1 atom stereocenters. The van der Waals surface area contributed by atoms with Crippen LogP contribution in [0.3, 0.4) is 0 Å². The average molecular weight is 361 g/mol. The fourth-order valence-electron chi connectivity index (χ4n) is 2.95. The van der Waals surface area contributed by atoms with Crippen LogP contribution in [0.25, 0.3) is 0 Å². The highest BCUT2D eigenvalue weighted by Gasteiger charge is 2.31. The van der Waals surface area contributed by atoms with Crippen LogP contribution in [-0.4, -0.2) is 35.5 Å². The van der Waals surface area contributed by atoms with E-state index >= 15 is 0 Å². The van der Waals surface area contributed by atoms with Gasteiger partial charge in [0.05, 0.1) is 0 Å². The van der Waals surface area contributed by atoms with E-state index in [2.05, 4.69) is 0 Å². The van der Waals surface area contributed by atoms with Gasteiger partial charge in [-0.25, -0.2) is 9.18 Å². The maximum Gasteiger partial charge on any atom is 0.410 e. The van der Waals surface area contributed by atoms with Crippen LogP contribution in [-0.2, 0) is 16.0 Å². The Kier molecular flexibility index (Phi) is 6.57. The Morgan fingerprint density at radius 1 is 1.31 bits per heavy atom. The highest BCUT2D eigenvalue weighted by atomic mass is 19.1. The second-order valence-corrected chi connectivity index (χ2v) is 7.93. The molecule has 0 bridgehead atoms. The van der Waals surface area contributed by atoms with Crippen molar-refractivity contribution in [2.75, 3.05) is 13.1 Å². The van der Waals surface area contributed by atoms with Gasteiger partial charge >= 0.3 is 6.09 Å². The van der Waals surface area contributed by atoms with Crippen LogP contribution in [0.15, 0.2) is 35.9 Å². The van der Waals surface area contributed by atoms with E-state index in [1.807, 2.05) is 33.8 Å². The number of benzene rings is 1. The molecule has 0 radical (unpaired) electrons. The summed E-state index contributed by atoms with van der Waals surface area (Å²) >= 11 is 0. The third-order valence-corrected chi connectivity index (χ3v) is 4.32. The van der Waals surface area contributed by atoms with Crippen molar-refractivity contribution in [3.8, 4) is 0 Å². The van der Waals surface area contributed by atoms with Gasteiger partial charge in [-0.2, -0.15) is 0 Å². The molecule has 5 heteroatoms. The molecule has 26 heavy (non-hydrogen) atoms. The van der Waals surface area contributed by atoms with Crippen LogP contribution in [0.4, 0.5) is 9.18 Å². The number of carbonyl (C=O) groups is 2. The largest absolute Gasteiger partial charge is 0.444 e. The summed E-state index contributed by atoms with van der Waals surface area (Å²) in [6.45, 7) is 8.32. The van der Waals surface area contributed by atoms with Gasteiger partial charge in [-0.05, 0) is 58.2 Å². The monoisotopic (exact) mass is 361 g/mol. The number of carbonyl (C=O) groups excluding carboxylic acids is 2. The summed E-state index contributed by atoms with van der Waals surface area (Å²) < 4.78 is 18.4. The van der Waals surface area contributed by atoms with Crippen molar-refractivity contribution >= 4 is 11.9 Å². The van der Waals surface area contributed by atoms with Gasteiger partial charge in [-0.1, -0.05) is 23.8 Å². The first kappa shape index (κ1) is 20.1. The standard InChI is InChI=1S/C21H28FNO3/c1-15(13-16-6-9-18(22)10-7-16)5-8-17-14-23(12-11-19(17)24)20(25)26-21(2,3)4/h5-7,9-10,17H,8,11-14H2,1-4H3/b15-5+. The number of Topliss-reactive ketones (excluding diaryl/α,β-unsaturated/α-hetero) is 1. The molecule has 0 saturated carbocycles. The maximum absolute atomic E-state index is 13.0. The number of hydrogen-bond acceptors (Lipinski definition) is 3. The van der Waals surface area contributed by atoms with Gasteiger partial charge in [0.25, 0.3) is 0 Å². The van der Waals surface area contributed by atoms with Crippen molar-refractivity contribution < 1.29 is 18.7 Å². The Hall–Kier alpha value is -2.17. The number of allylic oxidation sites excluding steroid dienone is 2. The number of ether oxygens (including phenoxy) is 1. The van der Waals surface area contributed by atoms with Crippen LogP contribution >= 0.6 is 0 Å². The SMILES string of the molecule is C/C(=C\CC1CN(C(=O)OC(C)(C)C)CCC1=O)Cc1ccc(F)cc1. The van der Waals surface area contributed by atoms with Crippen LogP contribution in [0, 0.1) is 11.7 Å². The second-order valence-electron chi connectivity index (χ2n) is 7.93. The minimum absolute atomic E-state index is 0.190. The molecule has 1 heterocycles. The molecule has 1 aliphatic heterocycles. The number of rotatable bonds is 4. The molecule has 1 aliphatic rings. The summed E-state index contributed by atoms with van der Waals surface area (Å²) in [4.78, 5) is 26.1. The van der Waals surface area contributed by atoms with Gasteiger partial charge in [0, 0.05) is 25.4 Å². The number of hydrogen-bond donors (Lipinski definition) is 0. The molecular weight excluding hydrogens is 333 g/mol. The predicted octanol–water partition coefficient (Wildman–Crippen LogP) is 4.53. The lowest BCUT2D eigenvalue weighted by Crippen LogP contribution is -2.46. The van der Waals surface area contributed by atoms with Crippen LogP contribution in [0.1, 0.15) is 46.1 Å². The molecule has 4 nitrogen and oxygen atoms in total. The number of piperidine rings is 1. The van der Waals surface area contributed by atoms with Crippen molar-refractivity contribution in [3.05, 3.63) is 47.3 Å². The number of likely N-dealkylation sites (tertiary alicyclic amines) is 1. The maximum atomic E-state index is 13.0. The predicted molar refractivity (Wildman–Crippen MR) is 99.4 cm³/mol. The Balaban J connectivity index is 1.93. The summed E-state index contributed by atoms with van der Waals surface area (Å²) in [5, 5.41) is 0. The normalized spacial score (nSPS) is 18.8. The van der Waals surface area contributed by atoms with Gasteiger partial charge in [-0.15, -0.1) is 0 Å². The van der Waals surface area contributed by atoms with Gasteiger partial charge in [0.1, 0.15) is 17.2 Å². The fraction of sp³-hybridized carbons (Fsp3) is 0.524. The van der Waals surface area contributed by atoms with E-state index in [1.165, 1.54) is 12.1 Å². The quantitative estimate of drug-likeness (QED) is 0.740. The van der Waals surface area contributed by atoms with E-state index in [1.54, 1.807) is 17.0 Å². The molecule has 1 saturated heterocycles. The molecule has 0 aliphatic carbocycles. The average Bonchev–Trinajstić information content (AvgIpc) is 2.54. The Morgan fingerprint density at radius 3 is 2.58 bits per heavy atom. The van der Waals surface area contributed by atoms with Gasteiger partial charge in [-0.3, -0.25) is 4.79 Å². The first-order valence-electron chi connectivity index (χ1n) is 9.05. The molecule has 142 valence electrons. The van der Waals surface area contributed by atoms with Crippen molar-refractivity contribution in [2.24, 2.45) is 5.92 Å². The van der Waals surface area contributed by atoms with Crippen molar-refractivity contribution in [1.29, 1.82) is 0 Å². The van der Waals surface area contributed by atoms with Crippen molar-refractivity contribution in [3.63, 3.8) is 0 Å². The molecular formula is C21H28FNO3. The van der Waals surface area contributed by atoms with E-state index in [-0.39, 0.29) is 23.6 Å². The van der Waals surface area contributed by atoms with Gasteiger partial charge < -0.3 is 9.64 Å². The Bertz CT molecular complexity index is 673. The highest BCUT2D eigenvalue weighted by Crippen LogP contribution is 2.21. The van der Waals surface area contributed by atoms with Crippen LogP contribution < -0.4 is 0 Å². The topological polar surface area (TPSA) is 46.6 Å². The first-order valence-corrected chi connectivity index (χ1v) is 9.05. The summed E-state index contributed by atoms with van der Waals surface area (Å²) in [6.07, 6.45) is 3.38. The number of amides is 1. The summed E-state index contributed by atoms with van der Waals surface area (Å²) in [6, 6.07) is 6.43. The summed E-state index contributed by atoms with van der Waals surface area (Å²) in [5.41, 5.74) is 1.61. The third kappa shape index (κ3) is 6.28. The minimum atomic E-state index is -0.542. The number of nitrogens with zero attached hydrogens (tertiary/aromatic N) is 1. The Morgan fingerprint density at radius 2 is 1.96 bits per heavy atom. The zero-order valence-corrected chi connectivity index (χ0v) is 16.0. The van der Waals surface area contributed by atoms with Crippen LogP contribution in [0.5, 0.6) is 0 Å². The molecule has 0 aromatic heterocycles. The lowest BCUT2D eigenvalue weighted by Gasteiger charge is -2.33. The van der Waals surface area contributed by atoms with Crippen molar-refractivity contribution in [1.82, 2.24) is 4.90 Å². The molecule has 0 N–H and O–H groups in total. The summed E-state index contributed by atoms with van der Waals surface area (Å²) in [7, 11) is 0. The van der Waals surface area contributed by atoms with E-state index in [9.17, 15) is 14.0 Å². The smallest absolute Gasteiger partial charge is 0.410 e. The molecule has 1 aromatic rings. The second kappa shape index (κ2) is 8.47. The first-order chi connectivity index (χ1) is 12.1. The summed E-state index contributed by atoms with van der Waals surface area (Å²) in [5.74, 6) is -0.250. The lowest BCUT2D eigenvalue weighted by atomic mass is 9.92. The van der Waals surface area contributed by atoms with E-state index in [0.29, 0.717) is 25.9 Å². The van der Waals surface area contributed by atoms with Crippen LogP contribution in [0.2, 0.25) is 0 Å². The van der Waals surface area contributed by atoms with Crippen molar-refractivity contribution in [2.45, 2.75) is 52.6 Å². The number of ketones is 1. The molecule has 0 spiro atoms. The molecule has 1 aromatic carbocycles. The van der Waals surface area contributed by atoms with Gasteiger partial charge in [0.2, 0.25) is 0 Å². The lowest BCUT2D eigenvalue weighted by molar-refractivity contribution is -0.125. The molecule has 1 unspecified atom stereocenters. The minimum Gasteiger partial charge on any atom is -0.444 e. The van der Waals surface area contributed by atoms with E-state index in [0.717, 1.165) is 17.6 Å². The Labute approximate surface area is 155 Å². The highest BCUT2D eigenvalue weighted by molar-refractivity contribution is 5.84. The van der Waals surface area contributed by atoms with E-state index in [4.69, 9.17) is 4.74 Å².